The molecule has 0 aromatic rings. The van der Waals surface area contributed by atoms with Gasteiger partial charge in [0.25, 0.3) is 0 Å². The fraction of sp³-hybridized carbons (Fsp3) is 1.00. The van der Waals surface area contributed by atoms with Gasteiger partial charge in [0, 0.05) is 6.61 Å². The van der Waals surface area contributed by atoms with Crippen molar-refractivity contribution < 1.29 is 25.2 Å². The van der Waals surface area contributed by atoms with E-state index in [1.54, 1.807) is 0 Å². The van der Waals surface area contributed by atoms with Gasteiger partial charge in [0.05, 0.1) is 30.5 Å². The molecule has 4 aliphatic carbocycles. The van der Waals surface area contributed by atoms with Crippen LogP contribution in [0.5, 0.6) is 0 Å². The van der Waals surface area contributed by atoms with Crippen LogP contribution in [0, 0.1) is 46.3 Å². The van der Waals surface area contributed by atoms with E-state index in [1.165, 1.54) is 0 Å². The van der Waals surface area contributed by atoms with E-state index in [9.17, 15) is 20.4 Å². The van der Waals surface area contributed by atoms with Gasteiger partial charge in [0.15, 0.2) is 0 Å². The Morgan fingerprint density at radius 1 is 0.968 bits per heavy atom. The summed E-state index contributed by atoms with van der Waals surface area (Å²) < 4.78 is 5.51. The molecule has 0 aromatic heterocycles. The molecule has 5 fully saturated rings. The minimum Gasteiger partial charge on any atom is -0.393 e. The second-order valence-corrected chi connectivity index (χ2v) is 12.5. The summed E-state index contributed by atoms with van der Waals surface area (Å²) in [6, 6.07) is 0. The Hall–Kier alpha value is -0.200. The lowest BCUT2D eigenvalue weighted by atomic mass is 9.43. The average Bonchev–Trinajstić information content (AvgIpc) is 3.01. The molecule has 13 atom stereocenters. The van der Waals surface area contributed by atoms with Crippen LogP contribution in [0.15, 0.2) is 0 Å². The third-order valence-electron chi connectivity index (χ3n) is 11.3. The van der Waals surface area contributed by atoms with Crippen molar-refractivity contribution >= 4 is 0 Å². The van der Waals surface area contributed by atoms with E-state index in [4.69, 9.17) is 4.74 Å². The summed E-state index contributed by atoms with van der Waals surface area (Å²) in [5.74, 6) is 1.98. The molecule has 0 radical (unpaired) electrons. The lowest BCUT2D eigenvalue weighted by molar-refractivity contribution is -0.208. The standard InChI is InChI=1S/C26H44O5/c1-14(10-20(28)22-7-9-31-22)17-4-5-18-24-19(13-23(30)26(17,18)3)25(2)8-6-16(27)11-15(25)12-21(24)29/h14-24,27-30H,4-13H2,1-3H3/t14-,15+,16-,17-,18+,19+,20-,21-,22?,23+,24+,25+,26-/m1/s1. The van der Waals surface area contributed by atoms with Crippen molar-refractivity contribution in [2.75, 3.05) is 6.61 Å². The molecule has 0 aromatic carbocycles. The molecule has 4 N–H and O–H groups in total. The highest BCUT2D eigenvalue weighted by molar-refractivity contribution is 5.14. The fourth-order valence-electron chi connectivity index (χ4n) is 9.39. The first-order valence-corrected chi connectivity index (χ1v) is 13.0. The number of ether oxygens (including phenoxy) is 1. The van der Waals surface area contributed by atoms with Crippen LogP contribution >= 0.6 is 0 Å². The monoisotopic (exact) mass is 436 g/mol. The molecule has 5 rings (SSSR count). The van der Waals surface area contributed by atoms with E-state index in [2.05, 4.69) is 20.8 Å². The Balaban J connectivity index is 1.38. The zero-order valence-corrected chi connectivity index (χ0v) is 19.6. The van der Waals surface area contributed by atoms with Crippen molar-refractivity contribution in [1.82, 2.24) is 0 Å². The van der Waals surface area contributed by atoms with Crippen molar-refractivity contribution in [2.24, 2.45) is 46.3 Å². The van der Waals surface area contributed by atoms with Crippen molar-refractivity contribution in [3.05, 3.63) is 0 Å². The largest absolute Gasteiger partial charge is 0.393 e. The SMILES string of the molecule is C[C@H](C[C@@H](O)C1CCO1)[C@H]1CC[C@H]2[C@@H]3[C@H](O)C[C@@H]4C[C@H](O)CC[C@]4(C)[C@H]3C[C@H](O)[C@]12C. The molecule has 1 aliphatic heterocycles. The maximum atomic E-state index is 11.6. The molecule has 1 heterocycles. The van der Waals surface area contributed by atoms with Gasteiger partial charge in [-0.2, -0.15) is 0 Å². The van der Waals surface area contributed by atoms with Crippen LogP contribution in [0.4, 0.5) is 0 Å². The summed E-state index contributed by atoms with van der Waals surface area (Å²) in [6.07, 6.45) is 6.73. The smallest absolute Gasteiger partial charge is 0.0855 e. The molecular weight excluding hydrogens is 392 g/mol. The third-order valence-corrected chi connectivity index (χ3v) is 11.3. The molecule has 5 aliphatic rings. The Bertz CT molecular complexity index is 666. The van der Waals surface area contributed by atoms with Gasteiger partial charge in [0.2, 0.25) is 0 Å². The Morgan fingerprint density at radius 2 is 1.71 bits per heavy atom. The maximum Gasteiger partial charge on any atom is 0.0855 e. The van der Waals surface area contributed by atoms with Crippen LogP contribution in [-0.4, -0.2) is 57.6 Å². The summed E-state index contributed by atoms with van der Waals surface area (Å²) in [7, 11) is 0. The van der Waals surface area contributed by atoms with Crippen molar-refractivity contribution in [2.45, 2.75) is 109 Å². The Labute approximate surface area is 187 Å². The van der Waals surface area contributed by atoms with E-state index in [1.807, 2.05) is 0 Å². The first-order chi connectivity index (χ1) is 14.7. The van der Waals surface area contributed by atoms with Gasteiger partial charge in [-0.1, -0.05) is 20.8 Å². The van der Waals surface area contributed by atoms with Crippen molar-refractivity contribution in [3.63, 3.8) is 0 Å². The predicted octanol–water partition coefficient (Wildman–Crippen LogP) is 3.12. The molecule has 31 heavy (non-hydrogen) atoms. The summed E-state index contributed by atoms with van der Waals surface area (Å²) in [5.41, 5.74) is -0.0774. The molecule has 1 saturated heterocycles. The average molecular weight is 437 g/mol. The lowest BCUT2D eigenvalue weighted by Gasteiger charge is -2.63. The highest BCUT2D eigenvalue weighted by Gasteiger charge is 2.65. The summed E-state index contributed by atoms with van der Waals surface area (Å²) in [4.78, 5) is 0. The van der Waals surface area contributed by atoms with Gasteiger partial charge in [-0.25, -0.2) is 0 Å². The van der Waals surface area contributed by atoms with E-state index in [0.29, 0.717) is 29.6 Å². The van der Waals surface area contributed by atoms with Crippen LogP contribution in [0.25, 0.3) is 0 Å². The van der Waals surface area contributed by atoms with Crippen LogP contribution < -0.4 is 0 Å². The van der Waals surface area contributed by atoms with Crippen molar-refractivity contribution in [3.8, 4) is 0 Å². The second-order valence-electron chi connectivity index (χ2n) is 12.5. The highest BCUT2D eigenvalue weighted by Crippen LogP contribution is 2.68. The maximum absolute atomic E-state index is 11.6. The van der Waals surface area contributed by atoms with Crippen LogP contribution in [0.1, 0.15) is 78.6 Å². The second kappa shape index (κ2) is 7.94. The topological polar surface area (TPSA) is 90.2 Å². The third kappa shape index (κ3) is 3.36. The number of aliphatic hydroxyl groups excluding tert-OH is 4. The van der Waals surface area contributed by atoms with Gasteiger partial charge >= 0.3 is 0 Å². The number of hydrogen-bond acceptors (Lipinski definition) is 5. The molecular formula is C26H44O5. The molecule has 5 heteroatoms. The number of hydrogen-bond donors (Lipinski definition) is 4. The molecule has 5 nitrogen and oxygen atoms in total. The van der Waals surface area contributed by atoms with E-state index < -0.39 is 6.10 Å². The molecule has 0 bridgehead atoms. The highest BCUT2D eigenvalue weighted by atomic mass is 16.5. The molecule has 4 saturated carbocycles. The Kier molecular flexibility index (Phi) is 5.78. The van der Waals surface area contributed by atoms with E-state index in [-0.39, 0.29) is 41.2 Å². The van der Waals surface area contributed by atoms with Gasteiger partial charge in [0.1, 0.15) is 0 Å². The van der Waals surface area contributed by atoms with Crippen LogP contribution in [-0.2, 0) is 4.74 Å². The van der Waals surface area contributed by atoms with Gasteiger partial charge in [-0.15, -0.1) is 0 Å². The van der Waals surface area contributed by atoms with Crippen LogP contribution in [0.3, 0.4) is 0 Å². The van der Waals surface area contributed by atoms with Crippen molar-refractivity contribution in [1.29, 1.82) is 0 Å². The summed E-state index contributed by atoms with van der Waals surface area (Å²) in [6.45, 7) is 7.67. The number of aliphatic hydroxyl groups is 4. The molecule has 0 amide bonds. The summed E-state index contributed by atoms with van der Waals surface area (Å²) >= 11 is 0. The minimum atomic E-state index is -0.409. The molecule has 1 unspecified atom stereocenters. The molecule has 0 spiro atoms. The number of fused-ring (bicyclic) bond motifs is 5. The molecule has 178 valence electrons. The normalized spacial score (nSPS) is 56.0. The predicted molar refractivity (Wildman–Crippen MR) is 118 cm³/mol. The van der Waals surface area contributed by atoms with Gasteiger partial charge in [-0.3, -0.25) is 0 Å². The van der Waals surface area contributed by atoms with Gasteiger partial charge in [-0.05, 0) is 104 Å². The quantitative estimate of drug-likeness (QED) is 0.544. The van der Waals surface area contributed by atoms with E-state index >= 15 is 0 Å². The van der Waals surface area contributed by atoms with E-state index in [0.717, 1.165) is 64.4 Å². The lowest BCUT2D eigenvalue weighted by Crippen LogP contribution is -2.62. The minimum absolute atomic E-state index is 0.00758. The number of rotatable bonds is 4. The fourth-order valence-corrected chi connectivity index (χ4v) is 9.39. The zero-order chi connectivity index (χ0) is 22.1. The van der Waals surface area contributed by atoms with Gasteiger partial charge < -0.3 is 25.2 Å². The Morgan fingerprint density at radius 3 is 2.39 bits per heavy atom. The zero-order valence-electron chi connectivity index (χ0n) is 19.6. The van der Waals surface area contributed by atoms with Crippen LogP contribution in [0.2, 0.25) is 0 Å². The first kappa shape index (κ1) is 22.6. The first-order valence-electron chi connectivity index (χ1n) is 13.0. The summed E-state index contributed by atoms with van der Waals surface area (Å²) in [5, 5.41) is 43.8.